The molecule has 0 radical (unpaired) electrons. The highest BCUT2D eigenvalue weighted by Gasteiger charge is 2.26. The van der Waals surface area contributed by atoms with Gasteiger partial charge in [-0.2, -0.15) is 0 Å². The molecule has 1 saturated carbocycles. The minimum absolute atomic E-state index is 0.0677. The van der Waals surface area contributed by atoms with Crippen LogP contribution in [0.4, 0.5) is 0 Å². The second-order valence-electron chi connectivity index (χ2n) is 5.47. The number of allylic oxidation sites excluding steroid dienone is 2. The van der Waals surface area contributed by atoms with E-state index in [4.69, 9.17) is 8.83 Å². The highest BCUT2D eigenvalue weighted by Crippen LogP contribution is 2.33. The second kappa shape index (κ2) is 6.42. The highest BCUT2D eigenvalue weighted by atomic mass is 79.9. The third-order valence-electron chi connectivity index (χ3n) is 3.54. The van der Waals surface area contributed by atoms with Gasteiger partial charge >= 0.3 is 0 Å². The van der Waals surface area contributed by atoms with Crippen LogP contribution in [0.1, 0.15) is 31.3 Å². The van der Waals surface area contributed by atoms with E-state index in [9.17, 15) is 4.79 Å². The largest absolute Gasteiger partial charge is 0.450 e. The molecule has 1 aliphatic carbocycles. The van der Waals surface area contributed by atoms with E-state index in [0.29, 0.717) is 26.8 Å². The van der Waals surface area contributed by atoms with E-state index >= 15 is 0 Å². The molecule has 0 N–H and O–H groups in total. The molecule has 3 rings (SSSR count). The van der Waals surface area contributed by atoms with Crippen LogP contribution in [0.25, 0.3) is 12.2 Å². The predicted molar refractivity (Wildman–Crippen MR) is 92.2 cm³/mol. The van der Waals surface area contributed by atoms with Gasteiger partial charge in [-0.05, 0) is 87.0 Å². The first-order valence-corrected chi connectivity index (χ1v) is 8.56. The Hall–Kier alpha value is -1.33. The fourth-order valence-electron chi connectivity index (χ4n) is 2.62. The molecule has 0 aliphatic heterocycles. The Labute approximate surface area is 145 Å². The molecule has 22 heavy (non-hydrogen) atoms. The number of Topliss-reactive ketones (excluding diaryl/α,β-unsaturated/α-hetero) is 1. The molecular weight excluding hydrogens is 412 g/mol. The third-order valence-corrected chi connectivity index (χ3v) is 4.39. The van der Waals surface area contributed by atoms with E-state index in [2.05, 4.69) is 38.8 Å². The van der Waals surface area contributed by atoms with Gasteiger partial charge in [0.2, 0.25) is 0 Å². The van der Waals surface area contributed by atoms with Crippen molar-refractivity contribution < 1.29 is 13.6 Å². The zero-order valence-corrected chi connectivity index (χ0v) is 15.1. The molecule has 1 fully saturated rings. The van der Waals surface area contributed by atoms with Crippen molar-refractivity contribution >= 4 is 49.8 Å². The van der Waals surface area contributed by atoms with Crippen molar-refractivity contribution in [2.75, 3.05) is 0 Å². The molecule has 0 spiro atoms. The standard InChI is InChI=1S/C17H14Br2O3/c1-10-6-11(8-13-2-4-15(18)21-13)17(20)12(7-10)9-14-3-5-16(19)22-14/h2-5,8-10H,6-7H2,1H3/b11-8-,12-9+. The van der Waals surface area contributed by atoms with Gasteiger partial charge in [-0.3, -0.25) is 4.79 Å². The van der Waals surface area contributed by atoms with Crippen LogP contribution in [0.3, 0.4) is 0 Å². The molecule has 0 amide bonds. The maximum Gasteiger partial charge on any atom is 0.185 e. The van der Waals surface area contributed by atoms with Crippen LogP contribution < -0.4 is 0 Å². The van der Waals surface area contributed by atoms with Crippen LogP contribution in [0, 0.1) is 5.92 Å². The van der Waals surface area contributed by atoms with Gasteiger partial charge in [0, 0.05) is 11.1 Å². The number of halogens is 2. The topological polar surface area (TPSA) is 43.4 Å². The lowest BCUT2D eigenvalue weighted by atomic mass is 9.81. The average molecular weight is 426 g/mol. The number of rotatable bonds is 2. The number of hydrogen-bond donors (Lipinski definition) is 0. The van der Waals surface area contributed by atoms with Gasteiger partial charge in [-0.1, -0.05) is 6.92 Å². The molecular formula is C17H14Br2O3. The van der Waals surface area contributed by atoms with E-state index in [1.54, 1.807) is 0 Å². The van der Waals surface area contributed by atoms with Crippen molar-refractivity contribution in [3.63, 3.8) is 0 Å². The minimum atomic E-state index is 0.0677. The lowest BCUT2D eigenvalue weighted by Gasteiger charge is -2.22. The Balaban J connectivity index is 1.91. The SMILES string of the molecule is CC1C/C(=C/c2ccc(Br)o2)C(=O)/C(=C/c2ccc(Br)o2)C1. The van der Waals surface area contributed by atoms with E-state index in [0.717, 1.165) is 24.0 Å². The van der Waals surface area contributed by atoms with Crippen molar-refractivity contribution in [2.24, 2.45) is 5.92 Å². The maximum absolute atomic E-state index is 12.7. The number of carbonyl (C=O) groups is 1. The quantitative estimate of drug-likeness (QED) is 0.565. The first-order chi connectivity index (χ1) is 10.5. The van der Waals surface area contributed by atoms with Crippen LogP contribution in [-0.2, 0) is 4.79 Å². The number of furan rings is 2. The van der Waals surface area contributed by atoms with E-state index in [1.165, 1.54) is 0 Å². The normalized spacial score (nSPS) is 22.7. The predicted octanol–water partition coefficient (Wildman–Crippen LogP) is 5.86. The Morgan fingerprint density at radius 1 is 0.955 bits per heavy atom. The molecule has 2 aromatic rings. The van der Waals surface area contributed by atoms with E-state index in [1.807, 2.05) is 36.4 Å². The van der Waals surface area contributed by atoms with E-state index < -0.39 is 0 Å². The summed E-state index contributed by atoms with van der Waals surface area (Å²) in [7, 11) is 0. The van der Waals surface area contributed by atoms with Gasteiger partial charge < -0.3 is 8.83 Å². The molecule has 1 aliphatic rings. The summed E-state index contributed by atoms with van der Waals surface area (Å²) in [5.74, 6) is 1.85. The number of carbonyl (C=O) groups excluding carboxylic acids is 1. The minimum Gasteiger partial charge on any atom is -0.450 e. The molecule has 0 saturated heterocycles. The summed E-state index contributed by atoms with van der Waals surface area (Å²) in [4.78, 5) is 12.7. The lowest BCUT2D eigenvalue weighted by Crippen LogP contribution is -2.18. The maximum atomic E-state index is 12.7. The third kappa shape index (κ3) is 3.52. The molecule has 2 heterocycles. The molecule has 1 unspecified atom stereocenters. The van der Waals surface area contributed by atoms with Crippen LogP contribution in [-0.4, -0.2) is 5.78 Å². The highest BCUT2D eigenvalue weighted by molar-refractivity contribution is 9.10. The first-order valence-electron chi connectivity index (χ1n) is 6.98. The molecule has 2 aromatic heterocycles. The zero-order valence-electron chi connectivity index (χ0n) is 11.9. The fraction of sp³-hybridized carbons (Fsp3) is 0.235. The molecule has 114 valence electrons. The lowest BCUT2D eigenvalue weighted by molar-refractivity contribution is -0.113. The fourth-order valence-corrected chi connectivity index (χ4v) is 3.26. The molecule has 3 nitrogen and oxygen atoms in total. The van der Waals surface area contributed by atoms with Gasteiger partial charge in [0.15, 0.2) is 15.1 Å². The van der Waals surface area contributed by atoms with Crippen LogP contribution in [0.5, 0.6) is 0 Å². The van der Waals surface area contributed by atoms with Gasteiger partial charge in [0.1, 0.15) is 11.5 Å². The van der Waals surface area contributed by atoms with E-state index in [-0.39, 0.29) is 5.78 Å². The summed E-state index contributed by atoms with van der Waals surface area (Å²) in [6.07, 6.45) is 5.18. The average Bonchev–Trinajstić information content (AvgIpc) is 3.04. The van der Waals surface area contributed by atoms with Gasteiger partial charge in [-0.25, -0.2) is 0 Å². The molecule has 1 atom stereocenters. The first kappa shape index (κ1) is 15.6. The summed E-state index contributed by atoms with van der Waals surface area (Å²) in [6, 6.07) is 7.33. The Morgan fingerprint density at radius 3 is 1.77 bits per heavy atom. The van der Waals surface area contributed by atoms with Crippen LogP contribution in [0.15, 0.2) is 53.6 Å². The smallest absolute Gasteiger partial charge is 0.185 e. The molecule has 0 bridgehead atoms. The summed E-state index contributed by atoms with van der Waals surface area (Å²) in [5.41, 5.74) is 1.55. The van der Waals surface area contributed by atoms with Crippen molar-refractivity contribution in [1.82, 2.24) is 0 Å². The van der Waals surface area contributed by atoms with Crippen molar-refractivity contribution in [3.05, 3.63) is 56.3 Å². The Morgan fingerprint density at radius 2 is 1.41 bits per heavy atom. The van der Waals surface area contributed by atoms with Crippen molar-refractivity contribution in [1.29, 1.82) is 0 Å². The van der Waals surface area contributed by atoms with Crippen molar-refractivity contribution in [2.45, 2.75) is 19.8 Å². The zero-order chi connectivity index (χ0) is 15.7. The summed E-state index contributed by atoms with van der Waals surface area (Å²) < 4.78 is 12.3. The summed E-state index contributed by atoms with van der Waals surface area (Å²) in [5, 5.41) is 0. The molecule has 5 heteroatoms. The number of ketones is 1. The summed E-state index contributed by atoms with van der Waals surface area (Å²) >= 11 is 6.55. The Bertz CT molecular complexity index is 702. The molecule has 0 aromatic carbocycles. The summed E-state index contributed by atoms with van der Waals surface area (Å²) in [6.45, 7) is 2.14. The van der Waals surface area contributed by atoms with Crippen molar-refractivity contribution in [3.8, 4) is 0 Å². The second-order valence-corrected chi connectivity index (χ2v) is 7.03. The van der Waals surface area contributed by atoms with Gasteiger partial charge in [0.25, 0.3) is 0 Å². The van der Waals surface area contributed by atoms with Gasteiger partial charge in [0.05, 0.1) is 0 Å². The Kier molecular flexibility index (Phi) is 4.54. The van der Waals surface area contributed by atoms with Gasteiger partial charge in [-0.15, -0.1) is 0 Å². The monoisotopic (exact) mass is 424 g/mol. The van der Waals surface area contributed by atoms with Crippen LogP contribution in [0.2, 0.25) is 0 Å². The van der Waals surface area contributed by atoms with Crippen LogP contribution >= 0.6 is 31.9 Å². The number of hydrogen-bond acceptors (Lipinski definition) is 3.